The van der Waals surface area contributed by atoms with Gasteiger partial charge in [0.05, 0.1) is 12.1 Å². The zero-order valence-corrected chi connectivity index (χ0v) is 14.5. The first-order chi connectivity index (χ1) is 12.3. The summed E-state index contributed by atoms with van der Waals surface area (Å²) in [5.41, 5.74) is -0.697. The Labute approximate surface area is 150 Å². The van der Waals surface area contributed by atoms with Crippen molar-refractivity contribution in [3.8, 4) is 0 Å². The molecule has 0 radical (unpaired) electrons. The van der Waals surface area contributed by atoms with E-state index in [0.717, 1.165) is 56.1 Å². The number of hydrogen-bond acceptors (Lipinski definition) is 2. The Bertz CT molecular complexity index is 658. The van der Waals surface area contributed by atoms with Crippen molar-refractivity contribution in [3.63, 3.8) is 0 Å². The predicted octanol–water partition coefficient (Wildman–Crippen LogP) is 3.47. The third kappa shape index (κ3) is 4.37. The van der Waals surface area contributed by atoms with Crippen molar-refractivity contribution >= 4 is 11.8 Å². The minimum absolute atomic E-state index is 0.108. The summed E-state index contributed by atoms with van der Waals surface area (Å²) in [5, 5.41) is 2.51. The van der Waals surface area contributed by atoms with Gasteiger partial charge >= 0.3 is 6.18 Å². The summed E-state index contributed by atoms with van der Waals surface area (Å²) in [5.74, 6) is 0.607. The third-order valence-corrected chi connectivity index (χ3v) is 5.52. The van der Waals surface area contributed by atoms with Crippen molar-refractivity contribution in [1.82, 2.24) is 10.2 Å². The van der Waals surface area contributed by atoms with Crippen molar-refractivity contribution in [3.05, 3.63) is 35.4 Å². The number of likely N-dealkylation sites (tertiary alicyclic amines) is 1. The summed E-state index contributed by atoms with van der Waals surface area (Å²) in [4.78, 5) is 26.2. The Hall–Kier alpha value is -2.05. The van der Waals surface area contributed by atoms with Gasteiger partial charge in [0.2, 0.25) is 5.91 Å². The molecule has 2 aliphatic rings. The maximum atomic E-state index is 12.5. The Balaban J connectivity index is 1.50. The van der Waals surface area contributed by atoms with Crippen molar-refractivity contribution in [2.24, 2.45) is 11.8 Å². The molecular weight excluding hydrogens is 345 g/mol. The second-order valence-corrected chi connectivity index (χ2v) is 7.19. The van der Waals surface area contributed by atoms with Gasteiger partial charge in [0.15, 0.2) is 0 Å². The number of piperidine rings is 1. The number of carbonyl (C=O) groups excluding carboxylic acids is 2. The SMILES string of the molecule is O=C(NCC(=O)N1CC[C@@H]2CCCC[C@@H]2C1)c1ccc(C(F)(F)F)cc1. The topological polar surface area (TPSA) is 49.4 Å². The fraction of sp³-hybridized carbons (Fsp3) is 0.579. The summed E-state index contributed by atoms with van der Waals surface area (Å²) in [6.45, 7) is 1.34. The minimum atomic E-state index is -4.43. The van der Waals surface area contributed by atoms with Gasteiger partial charge in [-0.2, -0.15) is 13.2 Å². The molecule has 1 aliphatic heterocycles. The van der Waals surface area contributed by atoms with Crippen LogP contribution in [-0.4, -0.2) is 36.3 Å². The molecule has 2 amide bonds. The standard InChI is InChI=1S/C19H23F3N2O2/c20-19(21,22)16-7-5-14(6-8-16)18(26)23-11-17(25)24-10-9-13-3-1-2-4-15(13)12-24/h5-8,13,15H,1-4,9-12H2,(H,23,26)/t13-,15+/m0/s1. The molecule has 0 spiro atoms. The van der Waals surface area contributed by atoms with E-state index in [4.69, 9.17) is 0 Å². The number of carbonyl (C=O) groups is 2. The van der Waals surface area contributed by atoms with E-state index in [-0.39, 0.29) is 18.0 Å². The van der Waals surface area contributed by atoms with Gasteiger partial charge < -0.3 is 10.2 Å². The molecule has 1 aromatic carbocycles. The monoisotopic (exact) mass is 368 g/mol. The van der Waals surface area contributed by atoms with Crippen molar-refractivity contribution in [2.45, 2.75) is 38.3 Å². The quantitative estimate of drug-likeness (QED) is 0.888. The number of benzene rings is 1. The summed E-state index contributed by atoms with van der Waals surface area (Å²) in [6.07, 6.45) is 1.48. The van der Waals surface area contributed by atoms with Crippen LogP contribution in [-0.2, 0) is 11.0 Å². The zero-order chi connectivity index (χ0) is 18.7. The van der Waals surface area contributed by atoms with Crippen molar-refractivity contribution in [1.29, 1.82) is 0 Å². The van der Waals surface area contributed by atoms with Gasteiger partial charge in [-0.1, -0.05) is 19.3 Å². The Morgan fingerprint density at radius 1 is 1.04 bits per heavy atom. The lowest BCUT2D eigenvalue weighted by molar-refractivity contribution is -0.137. The number of amides is 2. The van der Waals surface area contributed by atoms with Crippen LogP contribution in [0.1, 0.15) is 48.0 Å². The van der Waals surface area contributed by atoms with Gasteiger partial charge in [0.25, 0.3) is 5.91 Å². The van der Waals surface area contributed by atoms with E-state index in [9.17, 15) is 22.8 Å². The van der Waals surface area contributed by atoms with Crippen LogP contribution in [0.2, 0.25) is 0 Å². The smallest absolute Gasteiger partial charge is 0.343 e. The molecule has 1 N–H and O–H groups in total. The number of halogens is 3. The molecule has 2 atom stereocenters. The number of alkyl halides is 3. The molecule has 142 valence electrons. The van der Waals surface area contributed by atoms with E-state index in [1.165, 1.54) is 19.3 Å². The number of nitrogens with zero attached hydrogens (tertiary/aromatic N) is 1. The number of hydrogen-bond donors (Lipinski definition) is 1. The molecule has 0 aromatic heterocycles. The maximum Gasteiger partial charge on any atom is 0.416 e. The van der Waals surface area contributed by atoms with Crippen LogP contribution < -0.4 is 5.32 Å². The molecule has 26 heavy (non-hydrogen) atoms. The van der Waals surface area contributed by atoms with Crippen LogP contribution >= 0.6 is 0 Å². The highest BCUT2D eigenvalue weighted by atomic mass is 19.4. The summed E-state index contributed by atoms with van der Waals surface area (Å²) in [7, 11) is 0. The van der Waals surface area contributed by atoms with Crippen LogP contribution in [0.3, 0.4) is 0 Å². The van der Waals surface area contributed by atoms with Crippen LogP contribution in [0.15, 0.2) is 24.3 Å². The molecule has 4 nitrogen and oxygen atoms in total. The normalized spacial score (nSPS) is 23.3. The largest absolute Gasteiger partial charge is 0.416 e. The van der Waals surface area contributed by atoms with Crippen LogP contribution in [0.4, 0.5) is 13.2 Å². The third-order valence-electron chi connectivity index (χ3n) is 5.52. The summed E-state index contributed by atoms with van der Waals surface area (Å²) in [6, 6.07) is 3.97. The molecule has 1 aromatic rings. The van der Waals surface area contributed by atoms with E-state index < -0.39 is 17.6 Å². The van der Waals surface area contributed by atoms with E-state index in [0.29, 0.717) is 5.92 Å². The number of rotatable bonds is 3. The molecule has 1 aliphatic carbocycles. The highest BCUT2D eigenvalue weighted by molar-refractivity contribution is 5.96. The Kier molecular flexibility index (Phi) is 5.53. The van der Waals surface area contributed by atoms with Crippen molar-refractivity contribution in [2.75, 3.05) is 19.6 Å². The first kappa shape index (κ1) is 18.7. The van der Waals surface area contributed by atoms with Crippen LogP contribution in [0.5, 0.6) is 0 Å². The van der Waals surface area contributed by atoms with E-state index in [2.05, 4.69) is 5.32 Å². The molecule has 1 saturated carbocycles. The lowest BCUT2D eigenvalue weighted by Crippen LogP contribution is -2.48. The van der Waals surface area contributed by atoms with E-state index >= 15 is 0 Å². The summed E-state index contributed by atoms with van der Waals surface area (Å²) < 4.78 is 37.6. The number of nitrogens with one attached hydrogen (secondary N) is 1. The maximum absolute atomic E-state index is 12.5. The van der Waals surface area contributed by atoms with Gasteiger partial charge in [-0.3, -0.25) is 9.59 Å². The second-order valence-electron chi connectivity index (χ2n) is 7.19. The lowest BCUT2D eigenvalue weighted by atomic mass is 9.75. The Morgan fingerprint density at radius 3 is 2.35 bits per heavy atom. The fourth-order valence-electron chi connectivity index (χ4n) is 4.01. The average molecular weight is 368 g/mol. The minimum Gasteiger partial charge on any atom is -0.343 e. The molecule has 1 saturated heterocycles. The molecule has 0 bridgehead atoms. The lowest BCUT2D eigenvalue weighted by Gasteiger charge is -2.41. The van der Waals surface area contributed by atoms with E-state index in [1.54, 1.807) is 4.90 Å². The Morgan fingerprint density at radius 2 is 1.69 bits per heavy atom. The van der Waals surface area contributed by atoms with Crippen LogP contribution in [0, 0.1) is 11.8 Å². The molecule has 0 unspecified atom stereocenters. The predicted molar refractivity (Wildman–Crippen MR) is 90.4 cm³/mol. The van der Waals surface area contributed by atoms with Crippen LogP contribution in [0.25, 0.3) is 0 Å². The van der Waals surface area contributed by atoms with Gasteiger partial charge in [-0.25, -0.2) is 0 Å². The highest BCUT2D eigenvalue weighted by Gasteiger charge is 2.33. The molecule has 1 heterocycles. The molecule has 3 rings (SSSR count). The zero-order valence-electron chi connectivity index (χ0n) is 14.5. The summed E-state index contributed by atoms with van der Waals surface area (Å²) >= 11 is 0. The molecule has 7 heteroatoms. The highest BCUT2D eigenvalue weighted by Crippen LogP contribution is 2.36. The fourth-order valence-corrected chi connectivity index (χ4v) is 4.01. The van der Waals surface area contributed by atoms with Gasteiger partial charge in [-0.15, -0.1) is 0 Å². The number of fused-ring (bicyclic) bond motifs is 1. The first-order valence-corrected chi connectivity index (χ1v) is 9.08. The molecular formula is C19H23F3N2O2. The molecule has 2 fully saturated rings. The first-order valence-electron chi connectivity index (χ1n) is 9.08. The van der Waals surface area contributed by atoms with Gasteiger partial charge in [-0.05, 0) is 48.9 Å². The van der Waals surface area contributed by atoms with E-state index in [1.807, 2.05) is 0 Å². The van der Waals surface area contributed by atoms with Crippen molar-refractivity contribution < 1.29 is 22.8 Å². The average Bonchev–Trinajstić information content (AvgIpc) is 2.64. The van der Waals surface area contributed by atoms with Gasteiger partial charge in [0, 0.05) is 18.7 Å². The second kappa shape index (κ2) is 7.68. The van der Waals surface area contributed by atoms with Gasteiger partial charge in [0.1, 0.15) is 0 Å².